The molecule has 0 spiro atoms. The fourth-order valence-corrected chi connectivity index (χ4v) is 2.72. The Morgan fingerprint density at radius 2 is 2.00 bits per heavy atom. The van der Waals surface area contributed by atoms with Crippen LogP contribution in [0.3, 0.4) is 0 Å². The Kier molecular flexibility index (Phi) is 5.36. The van der Waals surface area contributed by atoms with Crippen molar-refractivity contribution >= 4 is 12.1 Å². The molecule has 1 heterocycles. The van der Waals surface area contributed by atoms with E-state index in [0.717, 1.165) is 16.9 Å². The van der Waals surface area contributed by atoms with Gasteiger partial charge in [0.25, 0.3) is 0 Å². The molecule has 2 rings (SSSR count). The Bertz CT molecular complexity index is 620. The van der Waals surface area contributed by atoms with Crippen molar-refractivity contribution in [1.82, 2.24) is 4.90 Å². The molecular formula is C18H25NO5. The van der Waals surface area contributed by atoms with Gasteiger partial charge in [0.1, 0.15) is 11.4 Å². The molecule has 0 radical (unpaired) electrons. The predicted molar refractivity (Wildman–Crippen MR) is 89.0 cm³/mol. The average Bonchev–Trinajstić information content (AvgIpc) is 2.51. The Labute approximate surface area is 142 Å². The molecule has 132 valence electrons. The van der Waals surface area contributed by atoms with E-state index in [-0.39, 0.29) is 6.61 Å². The minimum atomic E-state index is -0.797. The fourth-order valence-electron chi connectivity index (χ4n) is 2.72. The number of fused-ring (bicyclic) bond motifs is 1. The summed E-state index contributed by atoms with van der Waals surface area (Å²) in [7, 11) is 1.60. The van der Waals surface area contributed by atoms with Crippen LogP contribution in [0, 0.1) is 0 Å². The lowest BCUT2D eigenvalue weighted by Gasteiger charge is -2.36. The third-order valence-corrected chi connectivity index (χ3v) is 3.72. The molecule has 0 aromatic heterocycles. The number of hydrogen-bond donors (Lipinski definition) is 0. The molecule has 1 aliphatic rings. The molecule has 0 aliphatic carbocycles. The van der Waals surface area contributed by atoms with E-state index < -0.39 is 23.7 Å². The molecule has 0 bridgehead atoms. The van der Waals surface area contributed by atoms with E-state index in [1.165, 1.54) is 4.90 Å². The van der Waals surface area contributed by atoms with E-state index in [4.69, 9.17) is 14.2 Å². The van der Waals surface area contributed by atoms with Crippen LogP contribution in [0.25, 0.3) is 0 Å². The van der Waals surface area contributed by atoms with Gasteiger partial charge in [0, 0.05) is 6.54 Å². The summed E-state index contributed by atoms with van der Waals surface area (Å²) in [5, 5.41) is 0. The monoisotopic (exact) mass is 335 g/mol. The molecule has 24 heavy (non-hydrogen) atoms. The number of methoxy groups -OCH3 is 1. The standard InChI is InChI=1S/C18H25NO5/c1-6-23-16(20)15-14-8-7-13(22-5)11-12(14)9-10-19(15)17(21)24-18(2,3)4/h7-8,11,15H,6,9-10H2,1-5H3. The number of hydrogen-bond acceptors (Lipinski definition) is 5. The first-order valence-corrected chi connectivity index (χ1v) is 8.10. The average molecular weight is 335 g/mol. The third-order valence-electron chi connectivity index (χ3n) is 3.72. The van der Waals surface area contributed by atoms with Gasteiger partial charge in [0.05, 0.1) is 13.7 Å². The van der Waals surface area contributed by atoms with Crippen molar-refractivity contribution in [2.75, 3.05) is 20.3 Å². The maximum absolute atomic E-state index is 12.5. The Hall–Kier alpha value is -2.24. The van der Waals surface area contributed by atoms with Gasteiger partial charge in [0.2, 0.25) is 0 Å². The molecule has 1 atom stereocenters. The number of esters is 1. The van der Waals surface area contributed by atoms with Gasteiger partial charge in [-0.25, -0.2) is 9.59 Å². The van der Waals surface area contributed by atoms with Crippen molar-refractivity contribution in [3.05, 3.63) is 29.3 Å². The van der Waals surface area contributed by atoms with Gasteiger partial charge in [0.15, 0.2) is 6.04 Å². The first-order valence-electron chi connectivity index (χ1n) is 8.10. The van der Waals surface area contributed by atoms with Crippen LogP contribution in [0.2, 0.25) is 0 Å². The molecule has 0 N–H and O–H groups in total. The second-order valence-electron chi connectivity index (χ2n) is 6.64. The van der Waals surface area contributed by atoms with Crippen LogP contribution in [0.15, 0.2) is 18.2 Å². The lowest BCUT2D eigenvalue weighted by molar-refractivity contribution is -0.150. The highest BCUT2D eigenvalue weighted by Crippen LogP contribution is 2.34. The molecule has 6 nitrogen and oxygen atoms in total. The van der Waals surface area contributed by atoms with Crippen LogP contribution in [0.4, 0.5) is 4.79 Å². The zero-order valence-corrected chi connectivity index (χ0v) is 14.9. The van der Waals surface area contributed by atoms with Gasteiger partial charge in [-0.2, -0.15) is 0 Å². The zero-order valence-electron chi connectivity index (χ0n) is 14.9. The van der Waals surface area contributed by atoms with Crippen LogP contribution in [-0.4, -0.2) is 42.8 Å². The smallest absolute Gasteiger partial charge is 0.411 e. The molecule has 1 aliphatic heterocycles. The van der Waals surface area contributed by atoms with Gasteiger partial charge >= 0.3 is 12.1 Å². The van der Waals surface area contributed by atoms with E-state index in [2.05, 4.69) is 0 Å². The van der Waals surface area contributed by atoms with Crippen LogP contribution < -0.4 is 4.74 Å². The predicted octanol–water partition coefficient (Wildman–Crippen LogP) is 3.09. The first kappa shape index (κ1) is 18.1. The molecule has 1 aromatic rings. The van der Waals surface area contributed by atoms with E-state index in [0.29, 0.717) is 13.0 Å². The minimum absolute atomic E-state index is 0.253. The van der Waals surface area contributed by atoms with E-state index >= 15 is 0 Å². The summed E-state index contributed by atoms with van der Waals surface area (Å²) in [6.07, 6.45) is 0.115. The van der Waals surface area contributed by atoms with Crippen molar-refractivity contribution in [3.8, 4) is 5.75 Å². The summed E-state index contributed by atoms with van der Waals surface area (Å²) in [5.41, 5.74) is 1.11. The number of nitrogens with zero attached hydrogens (tertiary/aromatic N) is 1. The van der Waals surface area contributed by atoms with Gasteiger partial charge in [-0.1, -0.05) is 6.07 Å². The molecule has 6 heteroatoms. The van der Waals surface area contributed by atoms with Crippen molar-refractivity contribution in [2.24, 2.45) is 0 Å². The Morgan fingerprint density at radius 1 is 1.29 bits per heavy atom. The Morgan fingerprint density at radius 3 is 2.58 bits per heavy atom. The van der Waals surface area contributed by atoms with Gasteiger partial charge in [-0.3, -0.25) is 4.90 Å². The van der Waals surface area contributed by atoms with Crippen LogP contribution in [0.1, 0.15) is 44.9 Å². The summed E-state index contributed by atoms with van der Waals surface area (Å²) in [5.74, 6) is 0.275. The van der Waals surface area contributed by atoms with Crippen molar-refractivity contribution in [1.29, 1.82) is 0 Å². The largest absolute Gasteiger partial charge is 0.497 e. The SMILES string of the molecule is CCOC(=O)C1c2ccc(OC)cc2CCN1C(=O)OC(C)(C)C. The summed E-state index contributed by atoms with van der Waals surface area (Å²) in [6, 6.07) is 4.69. The summed E-state index contributed by atoms with van der Waals surface area (Å²) < 4.78 is 15.9. The van der Waals surface area contributed by atoms with Crippen molar-refractivity contribution in [2.45, 2.75) is 45.8 Å². The minimum Gasteiger partial charge on any atom is -0.497 e. The van der Waals surface area contributed by atoms with Gasteiger partial charge in [-0.05, 0) is 57.4 Å². The highest BCUT2D eigenvalue weighted by molar-refractivity contribution is 5.84. The molecule has 1 unspecified atom stereocenters. The highest BCUT2D eigenvalue weighted by atomic mass is 16.6. The molecule has 1 aromatic carbocycles. The number of amides is 1. The van der Waals surface area contributed by atoms with Crippen molar-refractivity contribution < 1.29 is 23.8 Å². The van der Waals surface area contributed by atoms with Gasteiger partial charge in [-0.15, -0.1) is 0 Å². The summed E-state index contributed by atoms with van der Waals surface area (Å²) >= 11 is 0. The Balaban J connectivity index is 2.38. The van der Waals surface area contributed by atoms with Crippen LogP contribution in [-0.2, 0) is 20.7 Å². The number of rotatable bonds is 3. The second kappa shape index (κ2) is 7.11. The van der Waals surface area contributed by atoms with E-state index in [9.17, 15) is 9.59 Å². The number of benzene rings is 1. The topological polar surface area (TPSA) is 65.1 Å². The summed E-state index contributed by atoms with van der Waals surface area (Å²) in [4.78, 5) is 26.5. The highest BCUT2D eigenvalue weighted by Gasteiger charge is 2.39. The van der Waals surface area contributed by atoms with Gasteiger partial charge < -0.3 is 14.2 Å². The van der Waals surface area contributed by atoms with E-state index in [1.54, 1.807) is 40.9 Å². The first-order chi connectivity index (χ1) is 11.3. The van der Waals surface area contributed by atoms with E-state index in [1.807, 2.05) is 12.1 Å². The lowest BCUT2D eigenvalue weighted by Crippen LogP contribution is -2.46. The maximum Gasteiger partial charge on any atom is 0.411 e. The third kappa shape index (κ3) is 3.99. The number of carbonyl (C=O) groups is 2. The molecule has 0 saturated heterocycles. The fraction of sp³-hybridized carbons (Fsp3) is 0.556. The quantitative estimate of drug-likeness (QED) is 0.794. The molecule has 1 amide bonds. The lowest BCUT2D eigenvalue weighted by atomic mass is 9.92. The maximum atomic E-state index is 12.5. The zero-order chi connectivity index (χ0) is 17.9. The number of carbonyl (C=O) groups excluding carboxylic acids is 2. The molecule has 0 saturated carbocycles. The molecular weight excluding hydrogens is 310 g/mol. The normalized spacial score (nSPS) is 17.0. The second-order valence-corrected chi connectivity index (χ2v) is 6.64. The summed E-state index contributed by atoms with van der Waals surface area (Å²) in [6.45, 7) is 7.78. The number of ether oxygens (including phenoxy) is 3. The van der Waals surface area contributed by atoms with Crippen molar-refractivity contribution in [3.63, 3.8) is 0 Å². The molecule has 0 fully saturated rings. The van der Waals surface area contributed by atoms with Crippen LogP contribution >= 0.6 is 0 Å². The van der Waals surface area contributed by atoms with Crippen LogP contribution in [0.5, 0.6) is 5.75 Å².